The molecule has 0 aliphatic rings. The topological polar surface area (TPSA) is 44.1 Å². The molecule has 0 aliphatic heterocycles. The number of nitrogens with zero attached hydrogens (tertiary/aromatic N) is 2. The Balaban J connectivity index is 2.72. The summed E-state index contributed by atoms with van der Waals surface area (Å²) >= 11 is 0. The van der Waals surface area contributed by atoms with Crippen LogP contribution in [0.5, 0.6) is 5.75 Å². The summed E-state index contributed by atoms with van der Waals surface area (Å²) in [4.78, 5) is 10.9. The first-order chi connectivity index (χ1) is 8.58. The fraction of sp³-hybridized carbons (Fsp3) is 0.286. The Hall–Kier alpha value is -2.10. The molecule has 2 rings (SSSR count). The summed E-state index contributed by atoms with van der Waals surface area (Å²) in [6.45, 7) is 3.96. The van der Waals surface area contributed by atoms with Crippen LogP contribution in [0, 0.1) is 13.8 Å². The minimum atomic E-state index is 0.633. The summed E-state index contributed by atoms with van der Waals surface area (Å²) in [5, 5.41) is 4.39. The second-order valence-electron chi connectivity index (χ2n) is 4.25. The Morgan fingerprint density at radius 3 is 2.56 bits per heavy atom. The van der Waals surface area contributed by atoms with Crippen LogP contribution >= 0.6 is 0 Å². The Kier molecular flexibility index (Phi) is 3.19. The highest BCUT2D eigenvalue weighted by molar-refractivity contribution is 5.83. The molecule has 0 bridgehead atoms. The van der Waals surface area contributed by atoms with Gasteiger partial charge in [0, 0.05) is 29.4 Å². The van der Waals surface area contributed by atoms with Gasteiger partial charge in [0.1, 0.15) is 12.0 Å². The molecule has 0 atom stereocenters. The molecule has 0 saturated carbocycles. The molecule has 94 valence electrons. The van der Waals surface area contributed by atoms with Gasteiger partial charge in [-0.05, 0) is 32.0 Å². The molecule has 0 unspecified atom stereocenters. The van der Waals surface area contributed by atoms with E-state index in [2.05, 4.69) is 5.10 Å². The van der Waals surface area contributed by atoms with Crippen LogP contribution in [0.2, 0.25) is 0 Å². The average Bonchev–Trinajstić information content (AvgIpc) is 2.62. The molecule has 0 N–H and O–H groups in total. The summed E-state index contributed by atoms with van der Waals surface area (Å²) in [6, 6.07) is 5.39. The lowest BCUT2D eigenvalue weighted by molar-refractivity contribution is 0.112. The van der Waals surface area contributed by atoms with Gasteiger partial charge in [-0.25, -0.2) is 0 Å². The van der Waals surface area contributed by atoms with E-state index in [9.17, 15) is 4.79 Å². The summed E-state index contributed by atoms with van der Waals surface area (Å²) in [7, 11) is 3.53. The molecule has 0 spiro atoms. The fourth-order valence-corrected chi connectivity index (χ4v) is 2.16. The maximum atomic E-state index is 10.9. The molecular weight excluding hydrogens is 228 g/mol. The van der Waals surface area contributed by atoms with Gasteiger partial charge in [-0.3, -0.25) is 9.48 Å². The number of hydrogen-bond donors (Lipinski definition) is 0. The van der Waals surface area contributed by atoms with E-state index in [1.165, 1.54) is 0 Å². The minimum absolute atomic E-state index is 0.633. The fourth-order valence-electron chi connectivity index (χ4n) is 2.16. The van der Waals surface area contributed by atoms with E-state index in [-0.39, 0.29) is 0 Å². The van der Waals surface area contributed by atoms with Gasteiger partial charge < -0.3 is 4.74 Å². The summed E-state index contributed by atoms with van der Waals surface area (Å²) in [5.41, 5.74) is 4.54. The van der Waals surface area contributed by atoms with E-state index in [4.69, 9.17) is 4.74 Å². The van der Waals surface area contributed by atoms with Crippen molar-refractivity contribution >= 4 is 6.29 Å². The number of methoxy groups -OCH3 is 1. The highest BCUT2D eigenvalue weighted by Crippen LogP contribution is 2.34. The largest absolute Gasteiger partial charge is 0.496 e. The van der Waals surface area contributed by atoms with Gasteiger partial charge in [-0.1, -0.05) is 0 Å². The molecule has 0 radical (unpaired) electrons. The first-order valence-corrected chi connectivity index (χ1v) is 5.72. The van der Waals surface area contributed by atoms with Crippen LogP contribution < -0.4 is 4.74 Å². The third kappa shape index (κ3) is 1.90. The number of aldehydes is 1. The van der Waals surface area contributed by atoms with Gasteiger partial charge in [-0.2, -0.15) is 5.10 Å². The van der Waals surface area contributed by atoms with E-state index in [1.807, 2.05) is 37.7 Å². The molecule has 0 amide bonds. The normalized spacial score (nSPS) is 10.4. The second kappa shape index (κ2) is 4.64. The molecule has 18 heavy (non-hydrogen) atoms. The van der Waals surface area contributed by atoms with Crippen molar-refractivity contribution in [1.82, 2.24) is 9.78 Å². The van der Waals surface area contributed by atoms with Crippen LogP contribution in [0.4, 0.5) is 0 Å². The predicted molar refractivity (Wildman–Crippen MR) is 70.1 cm³/mol. The van der Waals surface area contributed by atoms with Crippen LogP contribution in [0.15, 0.2) is 18.2 Å². The van der Waals surface area contributed by atoms with Crippen LogP contribution in [-0.4, -0.2) is 23.2 Å². The molecule has 2 aromatic rings. The molecular formula is C14H16N2O2. The highest BCUT2D eigenvalue weighted by Gasteiger charge is 2.16. The molecule has 0 saturated heterocycles. The molecule has 4 nitrogen and oxygen atoms in total. The molecule has 0 fully saturated rings. The number of rotatable bonds is 3. The van der Waals surface area contributed by atoms with Crippen molar-refractivity contribution in [2.45, 2.75) is 13.8 Å². The third-order valence-corrected chi connectivity index (χ3v) is 3.14. The zero-order chi connectivity index (χ0) is 13.3. The maximum absolute atomic E-state index is 10.9. The molecule has 1 aromatic heterocycles. The molecule has 1 aromatic carbocycles. The van der Waals surface area contributed by atoms with Crippen molar-refractivity contribution < 1.29 is 9.53 Å². The lowest BCUT2D eigenvalue weighted by Crippen LogP contribution is -1.94. The van der Waals surface area contributed by atoms with Crippen molar-refractivity contribution in [3.63, 3.8) is 0 Å². The smallest absolute Gasteiger partial charge is 0.150 e. The van der Waals surface area contributed by atoms with Gasteiger partial charge in [0.25, 0.3) is 0 Å². The zero-order valence-corrected chi connectivity index (χ0v) is 11.0. The van der Waals surface area contributed by atoms with Crippen LogP contribution in [0.25, 0.3) is 11.1 Å². The summed E-state index contributed by atoms with van der Waals surface area (Å²) < 4.78 is 7.20. The Bertz CT molecular complexity index is 600. The maximum Gasteiger partial charge on any atom is 0.150 e. The van der Waals surface area contributed by atoms with Crippen LogP contribution in [0.3, 0.4) is 0 Å². The summed E-state index contributed by atoms with van der Waals surface area (Å²) in [6.07, 6.45) is 0.837. The Morgan fingerprint density at radius 2 is 2.06 bits per heavy atom. The van der Waals surface area contributed by atoms with Crippen LogP contribution in [0.1, 0.15) is 21.7 Å². The van der Waals surface area contributed by atoms with E-state index in [0.717, 1.165) is 34.6 Å². The number of ether oxygens (including phenoxy) is 1. The van der Waals surface area contributed by atoms with E-state index >= 15 is 0 Å². The monoisotopic (exact) mass is 244 g/mol. The minimum Gasteiger partial charge on any atom is -0.496 e. The Morgan fingerprint density at radius 1 is 1.33 bits per heavy atom. The van der Waals surface area contributed by atoms with Crippen molar-refractivity contribution in [2.75, 3.05) is 7.11 Å². The predicted octanol–water partition coefficient (Wildman–Crippen LogP) is 2.53. The van der Waals surface area contributed by atoms with Gasteiger partial charge >= 0.3 is 0 Å². The standard InChI is InChI=1S/C14H16N2O2/c1-9-14(10(2)16(3)15-9)12-7-11(8-17)5-6-13(12)18-4/h5-8H,1-4H3. The van der Waals surface area contributed by atoms with Crippen molar-refractivity contribution in [3.8, 4) is 16.9 Å². The average molecular weight is 244 g/mol. The van der Waals surface area contributed by atoms with E-state index < -0.39 is 0 Å². The van der Waals surface area contributed by atoms with Crippen molar-refractivity contribution in [1.29, 1.82) is 0 Å². The number of aromatic nitrogens is 2. The second-order valence-corrected chi connectivity index (χ2v) is 4.25. The molecule has 1 heterocycles. The van der Waals surface area contributed by atoms with Gasteiger partial charge in [0.2, 0.25) is 0 Å². The van der Waals surface area contributed by atoms with E-state index in [1.54, 1.807) is 13.2 Å². The van der Waals surface area contributed by atoms with E-state index in [0.29, 0.717) is 5.56 Å². The van der Waals surface area contributed by atoms with Gasteiger partial charge in [0.05, 0.1) is 12.8 Å². The van der Waals surface area contributed by atoms with Gasteiger partial charge in [0.15, 0.2) is 0 Å². The first-order valence-electron chi connectivity index (χ1n) is 5.72. The van der Waals surface area contributed by atoms with Gasteiger partial charge in [-0.15, -0.1) is 0 Å². The number of benzene rings is 1. The lowest BCUT2D eigenvalue weighted by atomic mass is 10.0. The first kappa shape index (κ1) is 12.4. The highest BCUT2D eigenvalue weighted by atomic mass is 16.5. The lowest BCUT2D eigenvalue weighted by Gasteiger charge is -2.09. The van der Waals surface area contributed by atoms with Crippen molar-refractivity contribution in [3.05, 3.63) is 35.2 Å². The zero-order valence-electron chi connectivity index (χ0n) is 11.0. The number of hydrogen-bond acceptors (Lipinski definition) is 3. The number of carbonyl (C=O) groups excluding carboxylic acids is 1. The molecule has 0 aliphatic carbocycles. The molecule has 4 heteroatoms. The Labute approximate surface area is 106 Å². The SMILES string of the molecule is COc1ccc(C=O)cc1-c1c(C)nn(C)c1C. The van der Waals surface area contributed by atoms with Crippen molar-refractivity contribution in [2.24, 2.45) is 7.05 Å². The number of aryl methyl sites for hydroxylation is 2. The third-order valence-electron chi connectivity index (χ3n) is 3.14. The number of carbonyl (C=O) groups is 1. The quantitative estimate of drug-likeness (QED) is 0.779. The summed E-state index contributed by atoms with van der Waals surface area (Å²) in [5.74, 6) is 0.750. The van der Waals surface area contributed by atoms with Crippen LogP contribution in [-0.2, 0) is 7.05 Å².